The highest BCUT2D eigenvalue weighted by molar-refractivity contribution is 7.16. The van der Waals surface area contributed by atoms with Crippen LogP contribution in [0.2, 0.25) is 4.34 Å². The zero-order valence-electron chi connectivity index (χ0n) is 13.1. The number of nitrogens with one attached hydrogen (secondary N) is 2. The molecule has 1 saturated carbocycles. The molecule has 1 aromatic rings. The van der Waals surface area contributed by atoms with Crippen molar-refractivity contribution in [3.63, 3.8) is 0 Å². The molecule has 22 heavy (non-hydrogen) atoms. The Morgan fingerprint density at radius 3 is 2.86 bits per heavy atom. The normalized spacial score (nSPS) is 14.8. The van der Waals surface area contributed by atoms with Crippen LogP contribution in [0.1, 0.15) is 30.6 Å². The SMILES string of the molecule is CN=C(NCCCC(=O)NC1CC1)N(C)Cc1ccc(Cl)s1. The van der Waals surface area contributed by atoms with Crippen molar-refractivity contribution in [1.29, 1.82) is 0 Å². The van der Waals surface area contributed by atoms with Crippen LogP contribution < -0.4 is 10.6 Å². The van der Waals surface area contributed by atoms with Gasteiger partial charge in [-0.05, 0) is 31.4 Å². The largest absolute Gasteiger partial charge is 0.356 e. The summed E-state index contributed by atoms with van der Waals surface area (Å²) in [5, 5.41) is 6.28. The van der Waals surface area contributed by atoms with Gasteiger partial charge in [0.2, 0.25) is 5.91 Å². The van der Waals surface area contributed by atoms with Crippen molar-refractivity contribution >= 4 is 34.8 Å². The molecule has 7 heteroatoms. The number of thiophene rings is 1. The van der Waals surface area contributed by atoms with E-state index in [0.29, 0.717) is 12.5 Å². The fourth-order valence-corrected chi connectivity index (χ4v) is 3.25. The summed E-state index contributed by atoms with van der Waals surface area (Å²) in [5.74, 6) is 0.980. The Balaban J connectivity index is 1.66. The minimum atomic E-state index is 0.154. The Labute approximate surface area is 140 Å². The van der Waals surface area contributed by atoms with E-state index in [2.05, 4.69) is 15.6 Å². The van der Waals surface area contributed by atoms with Crippen molar-refractivity contribution in [3.05, 3.63) is 21.3 Å². The number of hydrogen-bond acceptors (Lipinski definition) is 3. The van der Waals surface area contributed by atoms with Crippen LogP contribution in [-0.2, 0) is 11.3 Å². The molecular weight excluding hydrogens is 320 g/mol. The summed E-state index contributed by atoms with van der Waals surface area (Å²) in [6, 6.07) is 4.38. The molecule has 1 aliphatic carbocycles. The zero-order valence-corrected chi connectivity index (χ0v) is 14.6. The molecule has 1 aliphatic rings. The van der Waals surface area contributed by atoms with E-state index in [4.69, 9.17) is 11.6 Å². The summed E-state index contributed by atoms with van der Waals surface area (Å²) in [6.45, 7) is 1.50. The van der Waals surface area contributed by atoms with E-state index >= 15 is 0 Å². The number of hydrogen-bond donors (Lipinski definition) is 2. The Bertz CT molecular complexity index is 527. The van der Waals surface area contributed by atoms with Gasteiger partial charge in [-0.15, -0.1) is 11.3 Å². The highest BCUT2D eigenvalue weighted by Gasteiger charge is 2.22. The van der Waals surface area contributed by atoms with Crippen molar-refractivity contribution in [3.8, 4) is 0 Å². The second kappa shape index (κ2) is 8.39. The summed E-state index contributed by atoms with van der Waals surface area (Å²) < 4.78 is 0.799. The van der Waals surface area contributed by atoms with Gasteiger partial charge < -0.3 is 15.5 Å². The van der Waals surface area contributed by atoms with Crippen molar-refractivity contribution in [1.82, 2.24) is 15.5 Å². The highest BCUT2D eigenvalue weighted by atomic mass is 35.5. The van der Waals surface area contributed by atoms with Crippen molar-refractivity contribution in [2.24, 2.45) is 4.99 Å². The van der Waals surface area contributed by atoms with Gasteiger partial charge in [0.1, 0.15) is 0 Å². The topological polar surface area (TPSA) is 56.7 Å². The van der Waals surface area contributed by atoms with Gasteiger partial charge in [-0.3, -0.25) is 9.79 Å². The lowest BCUT2D eigenvalue weighted by atomic mass is 10.3. The number of carbonyl (C=O) groups excluding carboxylic acids is 1. The average Bonchev–Trinajstić information content (AvgIpc) is 3.19. The third kappa shape index (κ3) is 5.85. The van der Waals surface area contributed by atoms with Crippen LogP contribution in [0.25, 0.3) is 0 Å². The Kier molecular flexibility index (Phi) is 6.51. The number of nitrogens with zero attached hydrogens (tertiary/aromatic N) is 2. The molecule has 122 valence electrons. The van der Waals surface area contributed by atoms with Crippen molar-refractivity contribution in [2.45, 2.75) is 38.3 Å². The molecule has 0 aliphatic heterocycles. The van der Waals surface area contributed by atoms with Crippen LogP contribution in [0.4, 0.5) is 0 Å². The first-order valence-corrected chi connectivity index (χ1v) is 8.73. The maximum Gasteiger partial charge on any atom is 0.220 e. The molecule has 0 bridgehead atoms. The molecule has 0 radical (unpaired) electrons. The van der Waals surface area contributed by atoms with Gasteiger partial charge in [0.25, 0.3) is 0 Å². The summed E-state index contributed by atoms with van der Waals surface area (Å²) >= 11 is 7.52. The van der Waals surface area contributed by atoms with Crippen LogP contribution in [0.3, 0.4) is 0 Å². The Morgan fingerprint density at radius 1 is 1.50 bits per heavy atom. The van der Waals surface area contributed by atoms with Crippen molar-refractivity contribution in [2.75, 3.05) is 20.6 Å². The third-order valence-electron chi connectivity index (χ3n) is 3.40. The van der Waals surface area contributed by atoms with E-state index in [1.807, 2.05) is 24.1 Å². The van der Waals surface area contributed by atoms with Crippen LogP contribution in [0.5, 0.6) is 0 Å². The first-order valence-electron chi connectivity index (χ1n) is 7.54. The van der Waals surface area contributed by atoms with E-state index in [1.165, 1.54) is 4.88 Å². The number of guanidine groups is 1. The predicted octanol–water partition coefficient (Wildman–Crippen LogP) is 2.47. The lowest BCUT2D eigenvalue weighted by Gasteiger charge is -2.21. The van der Waals surface area contributed by atoms with Gasteiger partial charge in [0, 0.05) is 38.0 Å². The lowest BCUT2D eigenvalue weighted by Crippen LogP contribution is -2.39. The van der Waals surface area contributed by atoms with E-state index in [0.717, 1.165) is 42.6 Å². The maximum absolute atomic E-state index is 11.6. The fourth-order valence-electron chi connectivity index (χ4n) is 2.11. The predicted molar refractivity (Wildman–Crippen MR) is 92.6 cm³/mol. The Hall–Kier alpha value is -1.27. The first-order chi connectivity index (χ1) is 10.6. The molecule has 5 nitrogen and oxygen atoms in total. The van der Waals surface area contributed by atoms with Gasteiger partial charge in [-0.1, -0.05) is 11.6 Å². The summed E-state index contributed by atoms with van der Waals surface area (Å²) in [7, 11) is 3.75. The molecule has 1 amide bonds. The van der Waals surface area contributed by atoms with Crippen LogP contribution in [-0.4, -0.2) is 43.4 Å². The molecule has 0 unspecified atom stereocenters. The van der Waals surface area contributed by atoms with Crippen LogP contribution in [0.15, 0.2) is 17.1 Å². The molecule has 2 N–H and O–H groups in total. The molecule has 1 aromatic heterocycles. The second-order valence-corrected chi connectivity index (χ2v) is 7.28. The molecular formula is C15H23ClN4OS. The molecule has 2 rings (SSSR count). The van der Waals surface area contributed by atoms with Gasteiger partial charge in [-0.2, -0.15) is 0 Å². The number of amides is 1. The zero-order chi connectivity index (χ0) is 15.9. The summed E-state index contributed by atoms with van der Waals surface area (Å²) in [4.78, 5) is 19.1. The van der Waals surface area contributed by atoms with E-state index < -0.39 is 0 Å². The first kappa shape index (κ1) is 17.1. The lowest BCUT2D eigenvalue weighted by molar-refractivity contribution is -0.121. The molecule has 0 saturated heterocycles. The fraction of sp³-hybridized carbons (Fsp3) is 0.600. The van der Waals surface area contributed by atoms with E-state index in [1.54, 1.807) is 18.4 Å². The van der Waals surface area contributed by atoms with Gasteiger partial charge >= 0.3 is 0 Å². The minimum absolute atomic E-state index is 0.154. The van der Waals surface area contributed by atoms with Crippen LogP contribution in [0, 0.1) is 0 Å². The number of carbonyl (C=O) groups is 1. The Morgan fingerprint density at radius 2 is 2.27 bits per heavy atom. The van der Waals surface area contributed by atoms with Gasteiger partial charge in [-0.25, -0.2) is 0 Å². The molecule has 0 spiro atoms. The smallest absolute Gasteiger partial charge is 0.220 e. The van der Waals surface area contributed by atoms with Gasteiger partial charge in [0.15, 0.2) is 5.96 Å². The monoisotopic (exact) mass is 342 g/mol. The maximum atomic E-state index is 11.6. The molecule has 0 aromatic carbocycles. The summed E-state index contributed by atoms with van der Waals surface area (Å²) in [6.07, 6.45) is 3.63. The molecule has 1 heterocycles. The number of rotatable bonds is 7. The van der Waals surface area contributed by atoms with Crippen LogP contribution >= 0.6 is 22.9 Å². The molecule has 0 atom stereocenters. The average molecular weight is 343 g/mol. The number of aliphatic imine (C=N–C) groups is 1. The minimum Gasteiger partial charge on any atom is -0.356 e. The quantitative estimate of drug-likeness (QED) is 0.454. The van der Waals surface area contributed by atoms with Crippen molar-refractivity contribution < 1.29 is 4.79 Å². The van der Waals surface area contributed by atoms with E-state index in [-0.39, 0.29) is 5.91 Å². The van der Waals surface area contributed by atoms with E-state index in [9.17, 15) is 4.79 Å². The standard InChI is InChI=1S/C15H23ClN4OS/c1-17-15(20(2)10-12-7-8-13(16)22-12)18-9-3-4-14(21)19-11-5-6-11/h7-8,11H,3-6,9-10H2,1-2H3,(H,17,18)(H,19,21). The highest BCUT2D eigenvalue weighted by Crippen LogP contribution is 2.22. The number of halogens is 1. The van der Waals surface area contributed by atoms with Gasteiger partial charge in [0.05, 0.1) is 10.9 Å². The summed E-state index contributed by atoms with van der Waals surface area (Å²) in [5.41, 5.74) is 0. The molecule has 1 fully saturated rings. The second-order valence-electron chi connectivity index (χ2n) is 5.48. The third-order valence-corrected chi connectivity index (χ3v) is 4.62.